The molecule has 2 aromatic heterocycles. The maximum absolute atomic E-state index is 4.27. The Balaban J connectivity index is 1.43. The molecule has 0 bridgehead atoms. The van der Waals surface area contributed by atoms with Gasteiger partial charge in [-0.05, 0) is 24.3 Å². The van der Waals surface area contributed by atoms with Crippen LogP contribution in [0.1, 0.15) is 37.7 Å². The molecule has 6 heteroatoms. The van der Waals surface area contributed by atoms with E-state index < -0.39 is 0 Å². The largest absolute Gasteiger partial charge is 0.252 e. The van der Waals surface area contributed by atoms with Gasteiger partial charge in [0.1, 0.15) is 11.4 Å². The average molecular weight is 322 g/mol. The van der Waals surface area contributed by atoms with E-state index in [1.807, 2.05) is 40.0 Å². The summed E-state index contributed by atoms with van der Waals surface area (Å²) in [5.74, 6) is 0.738. The van der Waals surface area contributed by atoms with Gasteiger partial charge in [-0.3, -0.25) is 4.68 Å². The first-order valence-electron chi connectivity index (χ1n) is 8.71. The maximum atomic E-state index is 4.27. The molecule has 1 aliphatic rings. The minimum atomic E-state index is 0.712. The molecule has 0 unspecified atom stereocenters. The summed E-state index contributed by atoms with van der Waals surface area (Å²) in [7, 11) is 0. The van der Waals surface area contributed by atoms with Crippen molar-refractivity contribution in [3.05, 3.63) is 48.3 Å². The summed E-state index contributed by atoms with van der Waals surface area (Å²) in [4.78, 5) is 0. The van der Waals surface area contributed by atoms with Crippen molar-refractivity contribution in [1.29, 1.82) is 0 Å². The molecule has 0 saturated heterocycles. The van der Waals surface area contributed by atoms with Crippen molar-refractivity contribution in [2.24, 2.45) is 5.92 Å². The first-order valence-corrected chi connectivity index (χ1v) is 8.71. The fraction of sp³-hybridized carbons (Fsp3) is 0.444. The van der Waals surface area contributed by atoms with Crippen molar-refractivity contribution in [2.45, 2.75) is 45.2 Å². The molecule has 0 N–H and O–H groups in total. The summed E-state index contributed by atoms with van der Waals surface area (Å²) in [6, 6.07) is 10.2. The molecule has 6 nitrogen and oxygen atoms in total. The minimum absolute atomic E-state index is 0.712. The van der Waals surface area contributed by atoms with Gasteiger partial charge in [0, 0.05) is 6.54 Å². The van der Waals surface area contributed by atoms with Gasteiger partial charge in [0.25, 0.3) is 0 Å². The summed E-state index contributed by atoms with van der Waals surface area (Å²) in [6.45, 7) is 1.68. The zero-order chi connectivity index (χ0) is 16.2. The lowest BCUT2D eigenvalue weighted by Crippen LogP contribution is -2.14. The van der Waals surface area contributed by atoms with Gasteiger partial charge in [0.15, 0.2) is 0 Å². The molecule has 24 heavy (non-hydrogen) atoms. The number of hydrogen-bond acceptors (Lipinski definition) is 4. The van der Waals surface area contributed by atoms with Crippen LogP contribution in [0.2, 0.25) is 0 Å². The lowest BCUT2D eigenvalue weighted by Gasteiger charge is -2.20. The fourth-order valence-electron chi connectivity index (χ4n) is 3.40. The summed E-state index contributed by atoms with van der Waals surface area (Å²) in [6.07, 6.45) is 10.6. The van der Waals surface area contributed by atoms with Crippen LogP contribution in [0.15, 0.2) is 42.7 Å². The molecule has 0 spiro atoms. The summed E-state index contributed by atoms with van der Waals surface area (Å²) < 4.78 is 3.80. The zero-order valence-corrected chi connectivity index (χ0v) is 13.8. The Bertz CT molecular complexity index is 770. The van der Waals surface area contributed by atoms with E-state index in [0.717, 1.165) is 23.9 Å². The first kappa shape index (κ1) is 15.1. The highest BCUT2D eigenvalue weighted by Gasteiger charge is 2.16. The summed E-state index contributed by atoms with van der Waals surface area (Å²) in [5, 5.41) is 17.0. The van der Waals surface area contributed by atoms with E-state index in [1.54, 1.807) is 0 Å². The van der Waals surface area contributed by atoms with Crippen molar-refractivity contribution >= 4 is 0 Å². The molecule has 1 fully saturated rings. The SMILES string of the molecule is c1ccc(Cn2cc(-c3cn(CC4CCCCC4)nn3)nn2)cc1. The van der Waals surface area contributed by atoms with Crippen LogP contribution >= 0.6 is 0 Å². The lowest BCUT2D eigenvalue weighted by molar-refractivity contribution is 0.305. The predicted molar refractivity (Wildman–Crippen MR) is 91.2 cm³/mol. The van der Waals surface area contributed by atoms with Gasteiger partial charge in [0.05, 0.1) is 18.9 Å². The van der Waals surface area contributed by atoms with Crippen LogP contribution in [0.5, 0.6) is 0 Å². The van der Waals surface area contributed by atoms with Crippen LogP contribution in [-0.2, 0) is 13.1 Å². The third kappa shape index (κ3) is 3.53. The molecule has 4 rings (SSSR count). The molecular formula is C18H22N6. The van der Waals surface area contributed by atoms with Crippen molar-refractivity contribution < 1.29 is 0 Å². The quantitative estimate of drug-likeness (QED) is 0.724. The number of rotatable bonds is 5. The number of benzene rings is 1. The molecule has 0 aliphatic heterocycles. The molecule has 124 valence electrons. The molecule has 0 radical (unpaired) electrons. The van der Waals surface area contributed by atoms with E-state index in [9.17, 15) is 0 Å². The highest BCUT2D eigenvalue weighted by Crippen LogP contribution is 2.25. The third-order valence-corrected chi connectivity index (χ3v) is 4.70. The van der Waals surface area contributed by atoms with Crippen molar-refractivity contribution in [2.75, 3.05) is 0 Å². The topological polar surface area (TPSA) is 61.4 Å². The van der Waals surface area contributed by atoms with Crippen molar-refractivity contribution in [3.63, 3.8) is 0 Å². The van der Waals surface area contributed by atoms with Crippen LogP contribution in [0.25, 0.3) is 11.4 Å². The van der Waals surface area contributed by atoms with Crippen LogP contribution < -0.4 is 0 Å². The van der Waals surface area contributed by atoms with Crippen molar-refractivity contribution in [3.8, 4) is 11.4 Å². The highest BCUT2D eigenvalue weighted by molar-refractivity contribution is 5.49. The molecular weight excluding hydrogens is 300 g/mol. The minimum Gasteiger partial charge on any atom is -0.252 e. The molecule has 1 aromatic carbocycles. The molecule has 1 saturated carbocycles. The lowest BCUT2D eigenvalue weighted by atomic mass is 9.89. The second-order valence-corrected chi connectivity index (χ2v) is 6.62. The van der Waals surface area contributed by atoms with Crippen LogP contribution in [-0.4, -0.2) is 30.0 Å². The Hall–Kier alpha value is -2.50. The van der Waals surface area contributed by atoms with Crippen LogP contribution in [0.3, 0.4) is 0 Å². The molecule has 2 heterocycles. The van der Waals surface area contributed by atoms with E-state index >= 15 is 0 Å². The maximum Gasteiger partial charge on any atom is 0.134 e. The smallest absolute Gasteiger partial charge is 0.134 e. The number of nitrogens with zero attached hydrogens (tertiary/aromatic N) is 6. The van der Waals surface area contributed by atoms with Crippen LogP contribution in [0.4, 0.5) is 0 Å². The van der Waals surface area contributed by atoms with Gasteiger partial charge in [-0.2, -0.15) is 0 Å². The van der Waals surface area contributed by atoms with Crippen molar-refractivity contribution in [1.82, 2.24) is 30.0 Å². The molecule has 3 aromatic rings. The highest BCUT2D eigenvalue weighted by atomic mass is 15.4. The van der Waals surface area contributed by atoms with Gasteiger partial charge < -0.3 is 0 Å². The second kappa shape index (κ2) is 6.95. The fourth-order valence-corrected chi connectivity index (χ4v) is 3.40. The summed E-state index contributed by atoms with van der Waals surface area (Å²) >= 11 is 0. The zero-order valence-electron chi connectivity index (χ0n) is 13.8. The average Bonchev–Trinajstić information content (AvgIpc) is 3.26. The summed E-state index contributed by atoms with van der Waals surface area (Å²) in [5.41, 5.74) is 2.78. The first-order chi connectivity index (χ1) is 11.9. The van der Waals surface area contributed by atoms with Gasteiger partial charge in [-0.1, -0.05) is 60.0 Å². The van der Waals surface area contributed by atoms with Crippen LogP contribution in [0, 0.1) is 5.92 Å². The van der Waals surface area contributed by atoms with E-state index in [-0.39, 0.29) is 0 Å². The van der Waals surface area contributed by atoms with E-state index in [4.69, 9.17) is 0 Å². The normalized spacial score (nSPS) is 15.7. The van der Waals surface area contributed by atoms with E-state index in [0.29, 0.717) is 6.54 Å². The standard InChI is InChI=1S/C18H22N6/c1-3-7-15(8-4-1)11-23-13-17(19-21-23)18-14-24(22-20-18)12-16-9-5-2-6-10-16/h1,3-4,7-8,13-14,16H,2,5-6,9-12H2. The van der Waals surface area contributed by atoms with Gasteiger partial charge in [-0.25, -0.2) is 4.68 Å². The predicted octanol–water partition coefficient (Wildman–Crippen LogP) is 3.17. The Morgan fingerprint density at radius 1 is 0.833 bits per heavy atom. The third-order valence-electron chi connectivity index (χ3n) is 4.70. The van der Waals surface area contributed by atoms with E-state index in [1.165, 1.54) is 37.7 Å². The number of aromatic nitrogens is 6. The Kier molecular flexibility index (Phi) is 4.36. The Labute approximate surface area is 141 Å². The Morgan fingerprint density at radius 3 is 2.25 bits per heavy atom. The van der Waals surface area contributed by atoms with E-state index in [2.05, 4.69) is 32.8 Å². The molecule has 0 amide bonds. The van der Waals surface area contributed by atoms with Gasteiger partial charge >= 0.3 is 0 Å². The second-order valence-electron chi connectivity index (χ2n) is 6.62. The Morgan fingerprint density at radius 2 is 1.50 bits per heavy atom. The monoisotopic (exact) mass is 322 g/mol. The van der Waals surface area contributed by atoms with Gasteiger partial charge in [0.2, 0.25) is 0 Å². The van der Waals surface area contributed by atoms with Gasteiger partial charge in [-0.15, -0.1) is 10.2 Å². The number of hydrogen-bond donors (Lipinski definition) is 0. The molecule has 0 atom stereocenters. The molecule has 1 aliphatic carbocycles.